The van der Waals surface area contributed by atoms with E-state index in [-0.39, 0.29) is 75.7 Å². The zero-order valence-corrected chi connectivity index (χ0v) is 30.6. The number of amidine groups is 1. The van der Waals surface area contributed by atoms with Crippen LogP contribution in [0.15, 0.2) is 58.3 Å². The topological polar surface area (TPSA) is 136 Å². The zero-order chi connectivity index (χ0) is 32.4. The van der Waals surface area contributed by atoms with Gasteiger partial charge in [0.2, 0.25) is 5.78 Å². The van der Waals surface area contributed by atoms with Crippen molar-refractivity contribution in [2.75, 3.05) is 13.3 Å². The molecule has 2 atom stereocenters. The van der Waals surface area contributed by atoms with Crippen molar-refractivity contribution in [1.82, 2.24) is 24.6 Å². The third-order valence-electron chi connectivity index (χ3n) is 8.73. The van der Waals surface area contributed by atoms with Gasteiger partial charge in [-0.1, -0.05) is 61.9 Å². The van der Waals surface area contributed by atoms with Crippen LogP contribution in [-0.4, -0.2) is 66.6 Å². The number of nitrogens with zero attached hydrogens (tertiary/aromatic N) is 5. The number of aliphatic hydroxyl groups excluding tert-OH is 1. The number of aryl methyl sites for hydroxylation is 2. The summed E-state index contributed by atoms with van der Waals surface area (Å²) >= 11 is 0. The second-order valence-corrected chi connectivity index (χ2v) is 12.5. The van der Waals surface area contributed by atoms with Gasteiger partial charge in [0.05, 0.1) is 18.4 Å². The van der Waals surface area contributed by atoms with Gasteiger partial charge in [-0.25, -0.2) is 24.2 Å². The summed E-state index contributed by atoms with van der Waals surface area (Å²) in [5, 5.41) is 24.4. The van der Waals surface area contributed by atoms with Crippen LogP contribution in [0.4, 0.5) is 4.39 Å². The standard InChI is InChI=1S/C34H41FN6O5.K/c1-4-7-29-28(18-22-10-12-23(13-11-22)26-8-5-6-9-27(26)30-37-33(43)46-39-30)31(42)40(32-36-21(2)38-41(29)32)24-14-16-25(17-15-24)45-20-34(3,44)19-35;/h5-6,8-13,24-25,33,43-44H,4,7,14-20H2,1-3H3,(H,37,39);/q;+1. The molecule has 1 aliphatic carbocycles. The van der Waals surface area contributed by atoms with Gasteiger partial charge in [-0.05, 0) is 62.6 Å². The summed E-state index contributed by atoms with van der Waals surface area (Å²) < 4.78 is 22.6. The van der Waals surface area contributed by atoms with E-state index >= 15 is 0 Å². The quantitative estimate of drug-likeness (QED) is 0.203. The van der Waals surface area contributed by atoms with Crippen LogP contribution >= 0.6 is 0 Å². The van der Waals surface area contributed by atoms with Gasteiger partial charge in [-0.15, -0.1) is 0 Å². The van der Waals surface area contributed by atoms with Gasteiger partial charge in [-0.2, -0.15) is 10.1 Å². The molecule has 6 rings (SSSR count). The molecule has 11 nitrogen and oxygen atoms in total. The fraction of sp³-hybridized carbons (Fsp3) is 0.471. The summed E-state index contributed by atoms with van der Waals surface area (Å²) in [6.45, 7) is 4.44. The molecule has 2 aromatic carbocycles. The maximum Gasteiger partial charge on any atom is 1.00 e. The van der Waals surface area contributed by atoms with Crippen molar-refractivity contribution in [2.24, 2.45) is 4.99 Å². The molecule has 47 heavy (non-hydrogen) atoms. The summed E-state index contributed by atoms with van der Waals surface area (Å²) in [5.41, 5.74) is 6.42. The molecule has 1 aliphatic heterocycles. The number of rotatable bonds is 11. The minimum Gasteiger partial charge on any atom is -0.385 e. The van der Waals surface area contributed by atoms with Gasteiger partial charge in [0, 0.05) is 23.6 Å². The Labute approximate surface area is 315 Å². The molecule has 0 spiro atoms. The van der Waals surface area contributed by atoms with Crippen LogP contribution in [0.3, 0.4) is 0 Å². The van der Waals surface area contributed by atoms with Crippen LogP contribution < -0.4 is 62.4 Å². The Bertz CT molecular complexity index is 1780. The maximum absolute atomic E-state index is 14.4. The number of benzene rings is 2. The first-order valence-corrected chi connectivity index (χ1v) is 15.9. The summed E-state index contributed by atoms with van der Waals surface area (Å²) in [7, 11) is 0. The van der Waals surface area contributed by atoms with E-state index in [0.717, 1.165) is 34.4 Å². The fourth-order valence-electron chi connectivity index (χ4n) is 6.38. The second-order valence-electron chi connectivity index (χ2n) is 12.5. The Kier molecular flexibility index (Phi) is 11.8. The first-order valence-electron chi connectivity index (χ1n) is 15.9. The van der Waals surface area contributed by atoms with Gasteiger partial charge in [0.1, 0.15) is 18.1 Å². The third kappa shape index (κ3) is 7.95. The molecule has 0 amide bonds. The van der Waals surface area contributed by atoms with Crippen LogP contribution in [0.25, 0.3) is 16.9 Å². The smallest absolute Gasteiger partial charge is 0.385 e. The van der Waals surface area contributed by atoms with Gasteiger partial charge in [0.25, 0.3) is 12.0 Å². The van der Waals surface area contributed by atoms with Crippen molar-refractivity contribution in [2.45, 2.75) is 89.9 Å². The first kappa shape index (κ1) is 36.0. The van der Waals surface area contributed by atoms with Crippen molar-refractivity contribution in [3.05, 3.63) is 87.1 Å². The largest absolute Gasteiger partial charge is 1.00 e. The molecule has 3 N–H and O–H groups in total. The van der Waals surface area contributed by atoms with E-state index in [9.17, 15) is 19.4 Å². The molecule has 2 aromatic heterocycles. The van der Waals surface area contributed by atoms with Crippen molar-refractivity contribution in [3.63, 3.8) is 0 Å². The van der Waals surface area contributed by atoms with Crippen LogP contribution in [0.2, 0.25) is 0 Å². The number of ether oxygens (including phenoxy) is 1. The molecular formula is C34H41FKN6O5+. The SMILES string of the molecule is CCCc1c(Cc2ccc(-c3ccccc3C3=NC(O)ON3)cc2)c(=O)n(C2CCC(OCC(C)(O)CF)CC2)c2nc(C)nn12.[K+]. The van der Waals surface area contributed by atoms with Gasteiger partial charge in [-0.3, -0.25) is 9.36 Å². The normalized spacial score (nSPS) is 20.8. The number of hydrogen-bond acceptors (Lipinski definition) is 9. The Morgan fingerprint density at radius 1 is 1.11 bits per heavy atom. The number of halogens is 1. The molecule has 1 saturated carbocycles. The van der Waals surface area contributed by atoms with Gasteiger partial charge < -0.3 is 14.9 Å². The van der Waals surface area contributed by atoms with Crippen molar-refractivity contribution >= 4 is 11.6 Å². The molecular weight excluding hydrogens is 631 g/mol. The summed E-state index contributed by atoms with van der Waals surface area (Å²) in [6, 6.07) is 15.8. The van der Waals surface area contributed by atoms with Crippen molar-refractivity contribution in [1.29, 1.82) is 0 Å². The van der Waals surface area contributed by atoms with Gasteiger partial charge in [0.15, 0.2) is 5.84 Å². The Morgan fingerprint density at radius 2 is 1.81 bits per heavy atom. The number of alkyl halides is 1. The molecule has 0 saturated heterocycles. The maximum atomic E-state index is 14.4. The minimum atomic E-state index is -1.49. The zero-order valence-electron chi connectivity index (χ0n) is 27.4. The molecule has 244 valence electrons. The van der Waals surface area contributed by atoms with Crippen LogP contribution in [0.1, 0.15) is 80.2 Å². The fourth-order valence-corrected chi connectivity index (χ4v) is 6.38. The van der Waals surface area contributed by atoms with E-state index in [0.29, 0.717) is 61.5 Å². The first-order chi connectivity index (χ1) is 22.2. The van der Waals surface area contributed by atoms with Gasteiger partial charge >= 0.3 is 51.4 Å². The average Bonchev–Trinajstić information content (AvgIpc) is 3.67. The number of nitrogens with one attached hydrogen (secondary N) is 1. The summed E-state index contributed by atoms with van der Waals surface area (Å²) in [5.74, 6) is 1.62. The van der Waals surface area contributed by atoms with Crippen molar-refractivity contribution < 1.29 is 75.6 Å². The van der Waals surface area contributed by atoms with E-state index in [2.05, 4.69) is 17.4 Å². The number of aliphatic imine (C=N–C) groups is 1. The average molecular weight is 672 g/mol. The van der Waals surface area contributed by atoms with Crippen LogP contribution in [-0.2, 0) is 22.4 Å². The predicted molar refractivity (Wildman–Crippen MR) is 171 cm³/mol. The molecule has 3 heterocycles. The Hall–Kier alpha value is -2.33. The molecule has 2 aliphatic rings. The second kappa shape index (κ2) is 15.5. The number of aromatic nitrogens is 4. The summed E-state index contributed by atoms with van der Waals surface area (Å²) in [6.07, 6.45) is 3.43. The van der Waals surface area contributed by atoms with E-state index in [4.69, 9.17) is 19.7 Å². The predicted octanol–water partition coefficient (Wildman–Crippen LogP) is 1.19. The minimum absolute atomic E-state index is 0. The van der Waals surface area contributed by atoms with Crippen LogP contribution in [0, 0.1) is 6.92 Å². The summed E-state index contributed by atoms with van der Waals surface area (Å²) in [4.78, 5) is 28.2. The van der Waals surface area contributed by atoms with Crippen LogP contribution in [0.5, 0.6) is 0 Å². The Balaban J connectivity index is 0.00000433. The number of fused-ring (bicyclic) bond motifs is 1. The monoisotopic (exact) mass is 671 g/mol. The number of hydrogen-bond donors (Lipinski definition) is 3. The van der Waals surface area contributed by atoms with Crippen molar-refractivity contribution in [3.8, 4) is 11.1 Å². The van der Waals surface area contributed by atoms with E-state index < -0.39 is 18.7 Å². The Morgan fingerprint density at radius 3 is 2.45 bits per heavy atom. The van der Waals surface area contributed by atoms with E-state index in [1.165, 1.54) is 6.92 Å². The molecule has 1 fully saturated rings. The molecule has 13 heteroatoms. The third-order valence-corrected chi connectivity index (χ3v) is 8.73. The van der Waals surface area contributed by atoms with E-state index in [1.54, 1.807) is 0 Å². The van der Waals surface area contributed by atoms with E-state index in [1.807, 2.05) is 64.5 Å². The molecule has 4 aromatic rings. The number of aliphatic hydroxyl groups is 2. The molecule has 2 unspecified atom stereocenters. The molecule has 0 bridgehead atoms. The number of hydroxylamine groups is 1. The molecule has 0 radical (unpaired) electrons.